The molecule has 0 radical (unpaired) electrons. The second kappa shape index (κ2) is 1.94. The first-order valence-electron chi connectivity index (χ1n) is 4.96. The molecule has 2 fully saturated rings. The van der Waals surface area contributed by atoms with E-state index in [0.29, 0.717) is 17.6 Å². The zero-order valence-corrected chi connectivity index (χ0v) is 8.48. The smallest absolute Gasteiger partial charge is 0.145 e. The van der Waals surface area contributed by atoms with Gasteiger partial charge in [0.15, 0.2) is 0 Å². The molecule has 0 saturated heterocycles. The number of rotatable bonds is 2. The highest BCUT2D eigenvalue weighted by atomic mass is 16.1. The number of carbonyl (C=O) groups is 1. The van der Waals surface area contributed by atoms with Gasteiger partial charge in [0.05, 0.1) is 0 Å². The van der Waals surface area contributed by atoms with Crippen molar-refractivity contribution in [1.82, 2.24) is 0 Å². The molecule has 0 aromatic rings. The van der Waals surface area contributed by atoms with E-state index in [1.807, 2.05) is 0 Å². The van der Waals surface area contributed by atoms with Crippen LogP contribution in [0.25, 0.3) is 0 Å². The molecular formula is C11H18O. The first-order valence-corrected chi connectivity index (χ1v) is 4.96. The highest BCUT2D eigenvalue weighted by Gasteiger charge is 2.64. The van der Waals surface area contributed by atoms with Crippen LogP contribution in [0.2, 0.25) is 0 Å². The standard InChI is InChI=1S/C11H18O/c1-7-5-10(7,3)9(12)11(4)6-8(11)2/h7-8H,5-6H2,1-4H3/t7-,8+,10+,11-. The normalized spacial score (nSPS) is 56.7. The fourth-order valence-corrected chi connectivity index (χ4v) is 2.44. The lowest BCUT2D eigenvalue weighted by atomic mass is 9.87. The maximum absolute atomic E-state index is 12.0. The van der Waals surface area contributed by atoms with Gasteiger partial charge in [-0.05, 0) is 24.7 Å². The molecule has 2 rings (SSSR count). The average Bonchev–Trinajstić information content (AvgIpc) is 2.77. The molecule has 2 aliphatic carbocycles. The van der Waals surface area contributed by atoms with Gasteiger partial charge in [-0.25, -0.2) is 0 Å². The van der Waals surface area contributed by atoms with Crippen LogP contribution in [0, 0.1) is 22.7 Å². The molecule has 0 unspecified atom stereocenters. The fraction of sp³-hybridized carbons (Fsp3) is 0.909. The topological polar surface area (TPSA) is 17.1 Å². The van der Waals surface area contributed by atoms with Crippen molar-refractivity contribution in [3.8, 4) is 0 Å². The van der Waals surface area contributed by atoms with Gasteiger partial charge in [-0.3, -0.25) is 4.79 Å². The Hall–Kier alpha value is -0.330. The third-order valence-electron chi connectivity index (χ3n) is 4.35. The number of hydrogen-bond acceptors (Lipinski definition) is 1. The lowest BCUT2D eigenvalue weighted by Gasteiger charge is -2.15. The average molecular weight is 166 g/mol. The predicted octanol–water partition coefficient (Wildman–Crippen LogP) is 2.65. The summed E-state index contributed by atoms with van der Waals surface area (Å²) in [7, 11) is 0. The minimum Gasteiger partial charge on any atom is -0.298 e. The first kappa shape index (κ1) is 8.28. The van der Waals surface area contributed by atoms with Crippen LogP contribution >= 0.6 is 0 Å². The summed E-state index contributed by atoms with van der Waals surface area (Å²) in [6, 6.07) is 0. The summed E-state index contributed by atoms with van der Waals surface area (Å²) in [6.45, 7) is 8.65. The zero-order valence-electron chi connectivity index (χ0n) is 8.48. The van der Waals surface area contributed by atoms with E-state index in [2.05, 4.69) is 27.7 Å². The Labute approximate surface area is 74.5 Å². The number of ketones is 1. The van der Waals surface area contributed by atoms with Crippen LogP contribution in [0.4, 0.5) is 0 Å². The molecule has 0 aromatic carbocycles. The molecule has 0 heterocycles. The van der Waals surface area contributed by atoms with Gasteiger partial charge >= 0.3 is 0 Å². The van der Waals surface area contributed by atoms with E-state index in [4.69, 9.17) is 0 Å². The van der Waals surface area contributed by atoms with Gasteiger partial charge in [-0.1, -0.05) is 27.7 Å². The maximum Gasteiger partial charge on any atom is 0.145 e. The van der Waals surface area contributed by atoms with Gasteiger partial charge in [-0.15, -0.1) is 0 Å². The Morgan fingerprint density at radius 1 is 1.08 bits per heavy atom. The van der Waals surface area contributed by atoms with Crippen LogP contribution in [0.15, 0.2) is 0 Å². The highest BCUT2D eigenvalue weighted by molar-refractivity contribution is 5.94. The van der Waals surface area contributed by atoms with Gasteiger partial charge in [0.1, 0.15) is 5.78 Å². The number of Topliss-reactive ketones (excluding diaryl/α,β-unsaturated/α-hetero) is 1. The van der Waals surface area contributed by atoms with Crippen LogP contribution in [0.3, 0.4) is 0 Å². The maximum atomic E-state index is 12.0. The third kappa shape index (κ3) is 0.826. The van der Waals surface area contributed by atoms with E-state index in [1.54, 1.807) is 0 Å². The molecule has 0 aliphatic heterocycles. The summed E-state index contributed by atoms with van der Waals surface area (Å²) < 4.78 is 0. The van der Waals surface area contributed by atoms with E-state index in [1.165, 1.54) is 0 Å². The monoisotopic (exact) mass is 166 g/mol. The Morgan fingerprint density at radius 2 is 1.33 bits per heavy atom. The van der Waals surface area contributed by atoms with Crippen molar-refractivity contribution in [3.63, 3.8) is 0 Å². The van der Waals surface area contributed by atoms with E-state index in [-0.39, 0.29) is 10.8 Å². The van der Waals surface area contributed by atoms with E-state index >= 15 is 0 Å². The van der Waals surface area contributed by atoms with Crippen LogP contribution in [-0.2, 0) is 4.79 Å². The minimum absolute atomic E-state index is 0.0551. The Morgan fingerprint density at radius 3 is 1.50 bits per heavy atom. The largest absolute Gasteiger partial charge is 0.298 e. The fourth-order valence-electron chi connectivity index (χ4n) is 2.44. The van der Waals surface area contributed by atoms with Crippen molar-refractivity contribution in [2.45, 2.75) is 40.5 Å². The van der Waals surface area contributed by atoms with Crippen molar-refractivity contribution in [2.75, 3.05) is 0 Å². The number of carbonyl (C=O) groups excluding carboxylic acids is 1. The van der Waals surface area contributed by atoms with Gasteiger partial charge in [0.2, 0.25) is 0 Å². The van der Waals surface area contributed by atoms with Crippen LogP contribution < -0.4 is 0 Å². The van der Waals surface area contributed by atoms with Gasteiger partial charge in [-0.2, -0.15) is 0 Å². The summed E-state index contributed by atoms with van der Waals surface area (Å²) in [4.78, 5) is 12.0. The summed E-state index contributed by atoms with van der Waals surface area (Å²) in [5, 5.41) is 0. The highest BCUT2D eigenvalue weighted by Crippen LogP contribution is 2.63. The second-order valence-corrected chi connectivity index (χ2v) is 5.37. The quantitative estimate of drug-likeness (QED) is 0.616. The van der Waals surface area contributed by atoms with E-state index in [0.717, 1.165) is 12.8 Å². The Kier molecular flexibility index (Phi) is 1.34. The lowest BCUT2D eigenvalue weighted by molar-refractivity contribution is -0.129. The molecule has 2 aliphatic rings. The summed E-state index contributed by atoms with van der Waals surface area (Å²) in [5.74, 6) is 1.80. The van der Waals surface area contributed by atoms with Crippen LogP contribution in [-0.4, -0.2) is 5.78 Å². The molecule has 0 aromatic heterocycles. The second-order valence-electron chi connectivity index (χ2n) is 5.37. The van der Waals surface area contributed by atoms with Crippen molar-refractivity contribution in [1.29, 1.82) is 0 Å². The van der Waals surface area contributed by atoms with Crippen molar-refractivity contribution in [3.05, 3.63) is 0 Å². The summed E-state index contributed by atoms with van der Waals surface area (Å²) >= 11 is 0. The van der Waals surface area contributed by atoms with Gasteiger partial charge in [0, 0.05) is 10.8 Å². The lowest BCUT2D eigenvalue weighted by Crippen LogP contribution is -2.24. The molecule has 2 saturated carbocycles. The molecular weight excluding hydrogens is 148 g/mol. The molecule has 1 nitrogen and oxygen atoms in total. The molecule has 68 valence electrons. The summed E-state index contributed by atoms with van der Waals surface area (Å²) in [6.07, 6.45) is 2.24. The first-order chi connectivity index (χ1) is 5.41. The minimum atomic E-state index is 0.0551. The third-order valence-corrected chi connectivity index (χ3v) is 4.35. The Bertz CT molecular complexity index is 221. The molecule has 12 heavy (non-hydrogen) atoms. The molecule has 4 atom stereocenters. The zero-order chi connectivity index (χ0) is 9.15. The molecule has 0 bridgehead atoms. The van der Waals surface area contributed by atoms with E-state index in [9.17, 15) is 4.79 Å². The molecule has 1 heteroatoms. The predicted molar refractivity (Wildman–Crippen MR) is 48.8 cm³/mol. The van der Waals surface area contributed by atoms with Crippen molar-refractivity contribution < 1.29 is 4.79 Å². The molecule has 0 spiro atoms. The van der Waals surface area contributed by atoms with E-state index < -0.39 is 0 Å². The van der Waals surface area contributed by atoms with Crippen LogP contribution in [0.5, 0.6) is 0 Å². The van der Waals surface area contributed by atoms with Crippen molar-refractivity contribution >= 4 is 5.78 Å². The number of hydrogen-bond donors (Lipinski definition) is 0. The van der Waals surface area contributed by atoms with Gasteiger partial charge < -0.3 is 0 Å². The molecule has 0 amide bonds. The van der Waals surface area contributed by atoms with Gasteiger partial charge in [0.25, 0.3) is 0 Å². The Balaban J connectivity index is 2.12. The van der Waals surface area contributed by atoms with Crippen LogP contribution in [0.1, 0.15) is 40.5 Å². The van der Waals surface area contributed by atoms with Crippen molar-refractivity contribution in [2.24, 2.45) is 22.7 Å². The summed E-state index contributed by atoms with van der Waals surface area (Å²) in [5.41, 5.74) is 0.110. The SMILES string of the molecule is C[C@@H]1C[C@]1(C)C(=O)[C@]1(C)C[C@@H]1C. The molecule has 0 N–H and O–H groups in total.